The minimum atomic E-state index is -0.548. The van der Waals surface area contributed by atoms with Crippen molar-refractivity contribution in [3.8, 4) is 0 Å². The second-order valence-electron chi connectivity index (χ2n) is 5.37. The fraction of sp³-hybridized carbons (Fsp3) is 0.250. The number of carbonyl (C=O) groups is 1. The molecule has 7 nitrogen and oxygen atoms in total. The van der Waals surface area contributed by atoms with Gasteiger partial charge in [-0.15, -0.1) is 0 Å². The molecule has 24 heavy (non-hydrogen) atoms. The molecule has 0 unspecified atom stereocenters. The number of aryl methyl sites for hydroxylation is 3. The molecule has 1 aromatic heterocycles. The summed E-state index contributed by atoms with van der Waals surface area (Å²) in [5.74, 6) is -0.144. The number of hydrogen-bond acceptors (Lipinski definition) is 4. The van der Waals surface area contributed by atoms with Crippen LogP contribution in [0.25, 0.3) is 0 Å². The van der Waals surface area contributed by atoms with Crippen molar-refractivity contribution in [3.05, 3.63) is 45.9 Å². The molecule has 0 aliphatic heterocycles. The quantitative estimate of drug-likeness (QED) is 0.651. The van der Waals surface area contributed by atoms with Crippen molar-refractivity contribution in [3.63, 3.8) is 0 Å². The van der Waals surface area contributed by atoms with Gasteiger partial charge in [0.25, 0.3) is 5.91 Å². The normalized spacial score (nSPS) is 10.4. The summed E-state index contributed by atoms with van der Waals surface area (Å²) in [6, 6.07) is 4.84. The Morgan fingerprint density at radius 3 is 2.33 bits per heavy atom. The largest absolute Gasteiger partial charge is 0.370 e. The monoisotopic (exact) mass is 346 g/mol. The Morgan fingerprint density at radius 2 is 1.75 bits per heavy atom. The average molecular weight is 347 g/mol. The zero-order valence-corrected chi connectivity index (χ0v) is 14.7. The fourth-order valence-corrected chi connectivity index (χ4v) is 2.54. The van der Waals surface area contributed by atoms with Crippen molar-refractivity contribution >= 4 is 35.0 Å². The van der Waals surface area contributed by atoms with Crippen molar-refractivity contribution in [1.82, 2.24) is 9.97 Å². The van der Waals surface area contributed by atoms with Crippen LogP contribution in [0.3, 0.4) is 0 Å². The van der Waals surface area contributed by atoms with Crippen LogP contribution in [0.2, 0.25) is 5.02 Å². The van der Waals surface area contributed by atoms with Crippen LogP contribution in [0.5, 0.6) is 0 Å². The van der Waals surface area contributed by atoms with E-state index in [0.29, 0.717) is 22.1 Å². The van der Waals surface area contributed by atoms with Crippen LogP contribution in [-0.4, -0.2) is 28.9 Å². The van der Waals surface area contributed by atoms with Gasteiger partial charge in [-0.05, 0) is 39.0 Å². The van der Waals surface area contributed by atoms with Gasteiger partial charge < -0.3 is 16.4 Å². The first-order chi connectivity index (χ1) is 11.2. The smallest absolute Gasteiger partial charge is 0.280 e. The number of amides is 1. The molecule has 0 saturated carbocycles. The summed E-state index contributed by atoms with van der Waals surface area (Å²) in [6.07, 6.45) is 0. The molecule has 0 fully saturated rings. The molecule has 0 saturated heterocycles. The number of aliphatic imine (C=N–C) groups is 1. The predicted octanol–water partition coefficient (Wildman–Crippen LogP) is 2.24. The highest BCUT2D eigenvalue weighted by atomic mass is 35.5. The number of nitrogens with two attached hydrogens (primary N) is 2. The number of aromatic nitrogens is 2. The lowest BCUT2D eigenvalue weighted by molar-refractivity contribution is 0.100. The standard InChI is InChI=1S/C16H19ClN6O/c1-8-9(2)21-14(10(3)20-8)23(4)13-6-5-11(7-12(13)17)15(24)22-16(18)19/h5-7H,1-4H3,(H4,18,19,22,24). The number of nitrogens with zero attached hydrogens (tertiary/aromatic N) is 4. The van der Waals surface area contributed by atoms with Gasteiger partial charge in [-0.2, -0.15) is 4.99 Å². The number of guanidine groups is 1. The molecular weight excluding hydrogens is 328 g/mol. The van der Waals surface area contributed by atoms with E-state index in [1.54, 1.807) is 12.1 Å². The van der Waals surface area contributed by atoms with Crippen LogP contribution >= 0.6 is 11.6 Å². The first-order valence-corrected chi connectivity index (χ1v) is 7.57. The molecule has 0 atom stereocenters. The van der Waals surface area contributed by atoms with Gasteiger partial charge in [-0.25, -0.2) is 4.98 Å². The maximum Gasteiger partial charge on any atom is 0.280 e. The zero-order chi connectivity index (χ0) is 18.0. The Balaban J connectivity index is 2.41. The van der Waals surface area contributed by atoms with Crippen LogP contribution in [0.4, 0.5) is 11.5 Å². The van der Waals surface area contributed by atoms with Crippen LogP contribution < -0.4 is 16.4 Å². The van der Waals surface area contributed by atoms with E-state index in [1.807, 2.05) is 32.7 Å². The predicted molar refractivity (Wildman–Crippen MR) is 95.9 cm³/mol. The number of carbonyl (C=O) groups excluding carboxylic acids is 1. The third-order valence-electron chi connectivity index (χ3n) is 3.56. The fourth-order valence-electron chi connectivity index (χ4n) is 2.23. The molecule has 0 aliphatic rings. The Morgan fingerprint density at radius 1 is 1.12 bits per heavy atom. The highest BCUT2D eigenvalue weighted by Crippen LogP contribution is 2.32. The van der Waals surface area contributed by atoms with E-state index in [4.69, 9.17) is 23.1 Å². The van der Waals surface area contributed by atoms with Gasteiger partial charge in [0.05, 0.1) is 27.8 Å². The summed E-state index contributed by atoms with van der Waals surface area (Å²) in [7, 11) is 1.84. The molecule has 0 bridgehead atoms. The van der Waals surface area contributed by atoms with Gasteiger partial charge >= 0.3 is 0 Å². The second kappa shape index (κ2) is 6.84. The van der Waals surface area contributed by atoms with E-state index in [-0.39, 0.29) is 5.96 Å². The van der Waals surface area contributed by atoms with Crippen LogP contribution in [0.15, 0.2) is 23.2 Å². The van der Waals surface area contributed by atoms with Crippen LogP contribution in [0.1, 0.15) is 27.4 Å². The molecule has 0 spiro atoms. The summed E-state index contributed by atoms with van der Waals surface area (Å²) in [5.41, 5.74) is 13.9. The van der Waals surface area contributed by atoms with E-state index in [0.717, 1.165) is 17.1 Å². The molecule has 2 aromatic rings. The third kappa shape index (κ3) is 3.62. The lowest BCUT2D eigenvalue weighted by Crippen LogP contribution is -2.24. The number of benzene rings is 1. The molecule has 1 aromatic carbocycles. The Labute approximate surface area is 145 Å². The zero-order valence-electron chi connectivity index (χ0n) is 14.0. The molecular formula is C16H19ClN6O. The molecule has 4 N–H and O–H groups in total. The highest BCUT2D eigenvalue weighted by molar-refractivity contribution is 6.33. The van der Waals surface area contributed by atoms with Crippen molar-refractivity contribution in [2.45, 2.75) is 20.8 Å². The maximum absolute atomic E-state index is 11.9. The van der Waals surface area contributed by atoms with Gasteiger partial charge in [0, 0.05) is 12.6 Å². The summed E-state index contributed by atoms with van der Waals surface area (Å²) >= 11 is 6.33. The number of rotatable bonds is 3. The Bertz CT molecular complexity index is 830. The SMILES string of the molecule is Cc1nc(C)c(N(C)c2ccc(C(=O)N=C(N)N)cc2Cl)nc1C. The molecule has 1 amide bonds. The molecule has 2 rings (SSSR count). The van der Waals surface area contributed by atoms with Crippen molar-refractivity contribution in [2.75, 3.05) is 11.9 Å². The van der Waals surface area contributed by atoms with E-state index in [2.05, 4.69) is 15.0 Å². The first kappa shape index (κ1) is 17.7. The minimum absolute atomic E-state index is 0.293. The van der Waals surface area contributed by atoms with Crippen molar-refractivity contribution in [1.29, 1.82) is 0 Å². The van der Waals surface area contributed by atoms with Gasteiger partial charge in [-0.3, -0.25) is 9.78 Å². The van der Waals surface area contributed by atoms with Gasteiger partial charge in [0.15, 0.2) is 11.8 Å². The average Bonchev–Trinajstić information content (AvgIpc) is 2.49. The maximum atomic E-state index is 11.9. The summed E-state index contributed by atoms with van der Waals surface area (Å²) in [6.45, 7) is 5.70. The lowest BCUT2D eigenvalue weighted by atomic mass is 10.2. The number of halogens is 1. The van der Waals surface area contributed by atoms with E-state index in [9.17, 15) is 4.79 Å². The summed E-state index contributed by atoms with van der Waals surface area (Å²) in [5, 5.41) is 0.383. The second-order valence-corrected chi connectivity index (χ2v) is 5.78. The van der Waals surface area contributed by atoms with E-state index in [1.165, 1.54) is 6.07 Å². The number of hydrogen-bond donors (Lipinski definition) is 2. The molecule has 0 radical (unpaired) electrons. The van der Waals surface area contributed by atoms with Gasteiger partial charge in [0.1, 0.15) is 0 Å². The Kier molecular flexibility index (Phi) is 5.04. The highest BCUT2D eigenvalue weighted by Gasteiger charge is 2.16. The summed E-state index contributed by atoms with van der Waals surface area (Å²) in [4.78, 5) is 26.2. The van der Waals surface area contributed by atoms with Crippen LogP contribution in [0, 0.1) is 20.8 Å². The van der Waals surface area contributed by atoms with Gasteiger partial charge in [-0.1, -0.05) is 11.6 Å². The van der Waals surface area contributed by atoms with Crippen LogP contribution in [-0.2, 0) is 0 Å². The Hall–Kier alpha value is -2.67. The topological polar surface area (TPSA) is 110 Å². The van der Waals surface area contributed by atoms with E-state index < -0.39 is 5.91 Å². The third-order valence-corrected chi connectivity index (χ3v) is 3.86. The lowest BCUT2D eigenvalue weighted by Gasteiger charge is -2.22. The summed E-state index contributed by atoms with van der Waals surface area (Å²) < 4.78 is 0. The molecule has 1 heterocycles. The van der Waals surface area contributed by atoms with Gasteiger partial charge in [0.2, 0.25) is 0 Å². The molecule has 0 aliphatic carbocycles. The first-order valence-electron chi connectivity index (χ1n) is 7.19. The van der Waals surface area contributed by atoms with E-state index >= 15 is 0 Å². The molecule has 126 valence electrons. The van der Waals surface area contributed by atoms with Crippen molar-refractivity contribution in [2.24, 2.45) is 16.5 Å². The molecule has 8 heteroatoms. The minimum Gasteiger partial charge on any atom is -0.370 e. The number of anilines is 2. The van der Waals surface area contributed by atoms with Crippen molar-refractivity contribution < 1.29 is 4.79 Å².